The smallest absolute Gasteiger partial charge is 0.305 e. The highest BCUT2D eigenvalue weighted by atomic mass is 16.5. The zero-order valence-corrected chi connectivity index (χ0v) is 14.2. The number of carbonyl (C=O) groups excluding carboxylic acids is 1. The Balaban J connectivity index is 0.000000585. The minimum absolute atomic E-state index is 0.123. The molecule has 23 heavy (non-hydrogen) atoms. The summed E-state index contributed by atoms with van der Waals surface area (Å²) in [6.07, 6.45) is 9.31. The molecule has 1 heterocycles. The Labute approximate surface area is 139 Å². The van der Waals surface area contributed by atoms with Gasteiger partial charge < -0.3 is 9.15 Å². The van der Waals surface area contributed by atoms with E-state index in [2.05, 4.69) is 17.9 Å². The molecule has 3 nitrogen and oxygen atoms in total. The predicted octanol–water partition coefficient (Wildman–Crippen LogP) is 5.43. The minimum Gasteiger partial charge on any atom is -0.472 e. The molecule has 0 unspecified atom stereocenters. The third kappa shape index (κ3) is 9.91. The molecule has 0 radical (unpaired) electrons. The van der Waals surface area contributed by atoms with Crippen molar-refractivity contribution in [1.82, 2.24) is 0 Å². The van der Waals surface area contributed by atoms with E-state index in [-0.39, 0.29) is 5.97 Å². The van der Waals surface area contributed by atoms with Gasteiger partial charge in [-0.1, -0.05) is 56.5 Å². The van der Waals surface area contributed by atoms with Gasteiger partial charge in [0.15, 0.2) is 0 Å². The van der Waals surface area contributed by atoms with Gasteiger partial charge in [-0.2, -0.15) is 0 Å². The Morgan fingerprint density at radius 3 is 2.52 bits per heavy atom. The molecule has 0 saturated heterocycles. The van der Waals surface area contributed by atoms with Crippen molar-refractivity contribution in [3.63, 3.8) is 0 Å². The molecule has 0 spiro atoms. The summed E-state index contributed by atoms with van der Waals surface area (Å²) in [4.78, 5) is 10.2. The summed E-state index contributed by atoms with van der Waals surface area (Å²) in [7, 11) is 0. The van der Waals surface area contributed by atoms with E-state index in [1.54, 1.807) is 32.4 Å². The molecule has 0 bridgehead atoms. The summed E-state index contributed by atoms with van der Waals surface area (Å²) in [5, 5.41) is 0. The summed E-state index contributed by atoms with van der Waals surface area (Å²) >= 11 is 0. The molecule has 3 heteroatoms. The van der Waals surface area contributed by atoms with Gasteiger partial charge in [0.25, 0.3) is 0 Å². The number of hydrogen-bond acceptors (Lipinski definition) is 3. The second-order valence-electron chi connectivity index (χ2n) is 4.50. The van der Waals surface area contributed by atoms with Crippen LogP contribution in [0.5, 0.6) is 0 Å². The molecule has 0 fully saturated rings. The topological polar surface area (TPSA) is 39.4 Å². The predicted molar refractivity (Wildman–Crippen MR) is 96.4 cm³/mol. The molecular formula is C20H26O3. The van der Waals surface area contributed by atoms with Gasteiger partial charge in [-0.25, -0.2) is 0 Å². The Morgan fingerprint density at radius 2 is 2.00 bits per heavy atom. The lowest BCUT2D eigenvalue weighted by atomic mass is 10.1. The van der Waals surface area contributed by atoms with E-state index in [1.165, 1.54) is 0 Å². The van der Waals surface area contributed by atoms with Crippen LogP contribution in [0.15, 0.2) is 72.6 Å². The zero-order chi connectivity index (χ0) is 17.5. The number of aryl methyl sites for hydroxylation is 1. The number of carbonyl (C=O) groups is 1. The number of ether oxygens (including phenoxy) is 1. The SMILES string of the molecule is C=C/C=C(\C=C)c1cccocc(C)cc1.CCOC(=O)CC. The van der Waals surface area contributed by atoms with Gasteiger partial charge in [-0.05, 0) is 36.6 Å². The first kappa shape index (κ1) is 20.5. The van der Waals surface area contributed by atoms with Gasteiger partial charge in [-0.3, -0.25) is 4.79 Å². The Morgan fingerprint density at radius 1 is 1.26 bits per heavy atom. The van der Waals surface area contributed by atoms with Crippen molar-refractivity contribution < 1.29 is 13.9 Å². The summed E-state index contributed by atoms with van der Waals surface area (Å²) in [5.74, 6) is -0.123. The van der Waals surface area contributed by atoms with E-state index in [0.29, 0.717) is 13.0 Å². The van der Waals surface area contributed by atoms with E-state index in [1.807, 2.05) is 43.3 Å². The van der Waals surface area contributed by atoms with Crippen LogP contribution in [0.25, 0.3) is 5.57 Å². The molecule has 124 valence electrons. The Hall–Kier alpha value is -2.55. The summed E-state index contributed by atoms with van der Waals surface area (Å²) in [5.41, 5.74) is 3.16. The normalized spacial score (nSPS) is 9.78. The van der Waals surface area contributed by atoms with E-state index in [4.69, 9.17) is 4.42 Å². The fraction of sp³-hybridized carbons (Fsp3) is 0.250. The first-order valence-corrected chi connectivity index (χ1v) is 7.57. The van der Waals surface area contributed by atoms with Crippen molar-refractivity contribution >= 4 is 11.5 Å². The van der Waals surface area contributed by atoms with Crippen LogP contribution < -0.4 is 0 Å². The number of hydrogen-bond donors (Lipinski definition) is 0. The number of rotatable bonds is 5. The van der Waals surface area contributed by atoms with Crippen molar-refractivity contribution in [2.45, 2.75) is 27.2 Å². The first-order chi connectivity index (χ1) is 11.1. The highest BCUT2D eigenvalue weighted by molar-refractivity contribution is 5.74. The highest BCUT2D eigenvalue weighted by Gasteiger charge is 1.92. The van der Waals surface area contributed by atoms with E-state index < -0.39 is 0 Å². The van der Waals surface area contributed by atoms with Crippen LogP contribution in [-0.4, -0.2) is 12.6 Å². The summed E-state index contributed by atoms with van der Waals surface area (Å²) in [6, 6.07) is 7.86. The fourth-order valence-electron chi connectivity index (χ4n) is 1.52. The molecule has 0 saturated carbocycles. The van der Waals surface area contributed by atoms with Crippen LogP contribution in [0, 0.1) is 6.92 Å². The largest absolute Gasteiger partial charge is 0.472 e. The van der Waals surface area contributed by atoms with Crippen LogP contribution in [0.1, 0.15) is 31.4 Å². The van der Waals surface area contributed by atoms with Crippen molar-refractivity contribution in [3.8, 4) is 0 Å². The van der Waals surface area contributed by atoms with Gasteiger partial charge in [0.2, 0.25) is 0 Å². The molecule has 1 aromatic rings. The molecule has 0 aliphatic rings. The van der Waals surface area contributed by atoms with E-state index in [0.717, 1.165) is 16.7 Å². The monoisotopic (exact) mass is 314 g/mol. The third-order valence-electron chi connectivity index (χ3n) is 2.66. The molecule has 0 aliphatic carbocycles. The standard InChI is InChI=1S/C15H16O.C5H10O2/c1-4-7-14(5-2)15-8-6-11-16-12-13(3)9-10-15;1-3-5(6)7-4-2/h4-12H,1-2H2,3H3;3-4H2,1-2H3/b10-9?,11-6?,13-12?,14-7+,15-8?;. The average Bonchev–Trinajstić information content (AvgIpc) is 2.66. The van der Waals surface area contributed by atoms with Gasteiger partial charge >= 0.3 is 5.97 Å². The zero-order valence-electron chi connectivity index (χ0n) is 14.2. The molecule has 0 amide bonds. The lowest BCUT2D eigenvalue weighted by molar-refractivity contribution is -0.142. The van der Waals surface area contributed by atoms with Crippen LogP contribution in [0.2, 0.25) is 0 Å². The first-order valence-electron chi connectivity index (χ1n) is 7.57. The lowest BCUT2D eigenvalue weighted by Gasteiger charge is -1.97. The van der Waals surface area contributed by atoms with E-state index in [9.17, 15) is 4.79 Å². The van der Waals surface area contributed by atoms with Gasteiger partial charge in [-0.15, -0.1) is 0 Å². The third-order valence-corrected chi connectivity index (χ3v) is 2.66. The van der Waals surface area contributed by atoms with Gasteiger partial charge in [0.05, 0.1) is 19.1 Å². The maximum Gasteiger partial charge on any atom is 0.305 e. The van der Waals surface area contributed by atoms with Crippen molar-refractivity contribution in [2.75, 3.05) is 6.61 Å². The molecular weight excluding hydrogens is 288 g/mol. The average molecular weight is 314 g/mol. The van der Waals surface area contributed by atoms with E-state index >= 15 is 0 Å². The number of esters is 1. The van der Waals surface area contributed by atoms with Crippen molar-refractivity contribution in [2.24, 2.45) is 0 Å². The lowest BCUT2D eigenvalue weighted by Crippen LogP contribution is -2.00. The molecule has 0 N–H and O–H groups in total. The maximum absolute atomic E-state index is 10.2. The van der Waals surface area contributed by atoms with Crippen LogP contribution >= 0.6 is 0 Å². The quantitative estimate of drug-likeness (QED) is 0.537. The molecule has 0 aliphatic heterocycles. The van der Waals surface area contributed by atoms with Crippen molar-refractivity contribution in [1.29, 1.82) is 0 Å². The second-order valence-corrected chi connectivity index (χ2v) is 4.50. The van der Waals surface area contributed by atoms with Crippen LogP contribution in [0.3, 0.4) is 0 Å². The summed E-state index contributed by atoms with van der Waals surface area (Å²) in [6.45, 7) is 13.5. The Bertz CT molecular complexity index is 578. The fourth-order valence-corrected chi connectivity index (χ4v) is 1.52. The molecule has 0 aromatic carbocycles. The molecule has 0 atom stereocenters. The molecule has 1 aromatic heterocycles. The Kier molecular flexibility index (Phi) is 11.7. The van der Waals surface area contributed by atoms with Gasteiger partial charge in [0.1, 0.15) is 0 Å². The van der Waals surface area contributed by atoms with Crippen molar-refractivity contribution in [3.05, 3.63) is 79.3 Å². The summed E-state index contributed by atoms with van der Waals surface area (Å²) < 4.78 is 9.74. The van der Waals surface area contributed by atoms with Crippen LogP contribution in [-0.2, 0) is 9.53 Å². The minimum atomic E-state index is -0.123. The molecule has 1 rings (SSSR count). The second kappa shape index (κ2) is 13.1. The number of allylic oxidation sites excluding steroid dienone is 4. The highest BCUT2D eigenvalue weighted by Crippen LogP contribution is 2.13. The maximum atomic E-state index is 10.2. The van der Waals surface area contributed by atoms with Gasteiger partial charge in [0, 0.05) is 6.42 Å². The van der Waals surface area contributed by atoms with Crippen LogP contribution in [0.4, 0.5) is 0 Å².